The predicted octanol–water partition coefficient (Wildman–Crippen LogP) is 3.93. The maximum atomic E-state index is 12.7. The van der Waals surface area contributed by atoms with Gasteiger partial charge in [0.25, 0.3) is 0 Å². The summed E-state index contributed by atoms with van der Waals surface area (Å²) in [7, 11) is -3.40. The molecule has 1 heterocycles. The van der Waals surface area contributed by atoms with Crippen molar-refractivity contribution < 1.29 is 22.7 Å². The lowest BCUT2D eigenvalue weighted by Gasteiger charge is -2.07. The third kappa shape index (κ3) is 5.16. The van der Waals surface area contributed by atoms with E-state index in [0.717, 1.165) is 6.26 Å². The largest absolute Gasteiger partial charge is 0.424 e. The Morgan fingerprint density at radius 2 is 1.83 bits per heavy atom. The van der Waals surface area contributed by atoms with E-state index in [0.29, 0.717) is 38.6 Å². The molecule has 7 nitrogen and oxygen atoms in total. The van der Waals surface area contributed by atoms with Crippen LogP contribution in [-0.4, -0.2) is 31.4 Å². The second-order valence-electron chi connectivity index (χ2n) is 6.50. The Kier molecular flexibility index (Phi) is 5.95. The molecule has 3 rings (SSSR count). The lowest BCUT2D eigenvalue weighted by molar-refractivity contribution is -0.133. The van der Waals surface area contributed by atoms with Gasteiger partial charge >= 0.3 is 5.97 Å². The molecule has 0 spiro atoms. The number of esters is 1. The quantitative estimate of drug-likeness (QED) is 0.433. The van der Waals surface area contributed by atoms with Gasteiger partial charge in [-0.15, -0.1) is 0 Å². The van der Waals surface area contributed by atoms with Gasteiger partial charge in [-0.2, -0.15) is 0 Å². The molecule has 0 saturated carbocycles. The normalized spacial score (nSPS) is 11.4. The lowest BCUT2D eigenvalue weighted by atomic mass is 10.1. The Bertz CT molecular complexity index is 1180. The van der Waals surface area contributed by atoms with E-state index in [1.54, 1.807) is 25.1 Å². The molecule has 0 radical (unpaired) electrons. The monoisotopic (exact) mass is 434 g/mol. The number of hydrogen-bond donors (Lipinski definition) is 2. The van der Waals surface area contributed by atoms with Gasteiger partial charge in [0.05, 0.1) is 23.9 Å². The zero-order chi connectivity index (χ0) is 21.2. The van der Waals surface area contributed by atoms with Crippen molar-refractivity contribution in [2.24, 2.45) is 0 Å². The first kappa shape index (κ1) is 20.9. The number of carbonyl (C=O) groups excluding carboxylic acids is 2. The number of aromatic amines is 1. The Labute approximate surface area is 173 Å². The molecule has 0 bridgehead atoms. The summed E-state index contributed by atoms with van der Waals surface area (Å²) in [5, 5.41) is 1.17. The summed E-state index contributed by atoms with van der Waals surface area (Å²) in [6, 6.07) is 11.2. The van der Waals surface area contributed by atoms with Crippen molar-refractivity contribution in [3.05, 3.63) is 58.7 Å². The number of carbonyl (C=O) groups is 2. The van der Waals surface area contributed by atoms with E-state index in [1.807, 2.05) is 0 Å². The molecule has 0 amide bonds. The maximum Gasteiger partial charge on any atom is 0.310 e. The van der Waals surface area contributed by atoms with Crippen LogP contribution in [-0.2, 0) is 21.2 Å². The van der Waals surface area contributed by atoms with Crippen LogP contribution in [0.15, 0.2) is 42.5 Å². The SMILES string of the molecule is CCC(=O)Oc1c(CC(=O)c2ccc(NS(C)(=O)=O)cc2)[nH]c2cc(Cl)ccc12. The fourth-order valence-electron chi connectivity index (χ4n) is 2.83. The van der Waals surface area contributed by atoms with Crippen molar-refractivity contribution in [3.8, 4) is 5.75 Å². The molecular formula is C20H19ClN2O5S. The highest BCUT2D eigenvalue weighted by Gasteiger charge is 2.19. The molecule has 0 atom stereocenters. The van der Waals surface area contributed by atoms with E-state index >= 15 is 0 Å². The van der Waals surface area contributed by atoms with E-state index in [-0.39, 0.29) is 18.6 Å². The third-order valence-corrected chi connectivity index (χ3v) is 4.98. The van der Waals surface area contributed by atoms with Gasteiger partial charge in [-0.1, -0.05) is 18.5 Å². The molecule has 2 N–H and O–H groups in total. The molecule has 2 aromatic carbocycles. The Morgan fingerprint density at radius 1 is 1.14 bits per heavy atom. The number of aromatic nitrogens is 1. The summed E-state index contributed by atoms with van der Waals surface area (Å²) in [6.07, 6.45) is 1.22. The van der Waals surface area contributed by atoms with Crippen molar-refractivity contribution in [2.45, 2.75) is 19.8 Å². The number of hydrogen-bond acceptors (Lipinski definition) is 5. The highest BCUT2D eigenvalue weighted by Crippen LogP contribution is 2.33. The van der Waals surface area contributed by atoms with E-state index < -0.39 is 16.0 Å². The van der Waals surface area contributed by atoms with Crippen LogP contribution in [0, 0.1) is 0 Å². The average molecular weight is 435 g/mol. The van der Waals surface area contributed by atoms with Crippen molar-refractivity contribution >= 4 is 50.0 Å². The second kappa shape index (κ2) is 8.26. The minimum Gasteiger partial charge on any atom is -0.424 e. The number of rotatable bonds is 7. The fraction of sp³-hybridized carbons (Fsp3) is 0.200. The minimum atomic E-state index is -3.40. The zero-order valence-corrected chi connectivity index (χ0v) is 17.4. The van der Waals surface area contributed by atoms with Crippen LogP contribution >= 0.6 is 11.6 Å². The van der Waals surface area contributed by atoms with Crippen molar-refractivity contribution in [2.75, 3.05) is 11.0 Å². The van der Waals surface area contributed by atoms with E-state index in [4.69, 9.17) is 16.3 Å². The molecule has 0 saturated heterocycles. The van der Waals surface area contributed by atoms with Crippen LogP contribution in [0.3, 0.4) is 0 Å². The van der Waals surface area contributed by atoms with Gasteiger partial charge in [-0.3, -0.25) is 14.3 Å². The van der Waals surface area contributed by atoms with Crippen LogP contribution in [0.1, 0.15) is 29.4 Å². The molecule has 152 valence electrons. The molecule has 0 fully saturated rings. The number of anilines is 1. The molecule has 0 aliphatic heterocycles. The molecule has 9 heteroatoms. The first-order chi connectivity index (χ1) is 13.7. The third-order valence-electron chi connectivity index (χ3n) is 4.14. The molecule has 0 unspecified atom stereocenters. The van der Waals surface area contributed by atoms with Gasteiger partial charge in [0.2, 0.25) is 10.0 Å². The summed E-state index contributed by atoms with van der Waals surface area (Å²) >= 11 is 6.03. The first-order valence-electron chi connectivity index (χ1n) is 8.78. The number of fused-ring (bicyclic) bond motifs is 1. The molecule has 1 aromatic heterocycles. The number of H-pyrrole nitrogens is 1. The topological polar surface area (TPSA) is 105 Å². The number of benzene rings is 2. The Balaban J connectivity index is 1.89. The Hall–Kier alpha value is -2.84. The summed E-state index contributed by atoms with van der Waals surface area (Å²) in [5.74, 6) is -0.319. The van der Waals surface area contributed by atoms with Gasteiger partial charge in [0.1, 0.15) is 0 Å². The van der Waals surface area contributed by atoms with Gasteiger partial charge in [-0.05, 0) is 42.5 Å². The molecule has 29 heavy (non-hydrogen) atoms. The number of ether oxygens (including phenoxy) is 1. The number of Topliss-reactive ketones (excluding diaryl/α,β-unsaturated/α-hetero) is 1. The van der Waals surface area contributed by atoms with Crippen LogP contribution in [0.25, 0.3) is 10.9 Å². The maximum absolute atomic E-state index is 12.7. The van der Waals surface area contributed by atoms with Crippen molar-refractivity contribution in [3.63, 3.8) is 0 Å². The second-order valence-corrected chi connectivity index (χ2v) is 8.69. The summed E-state index contributed by atoms with van der Waals surface area (Å²) in [4.78, 5) is 27.7. The summed E-state index contributed by atoms with van der Waals surface area (Å²) in [5.41, 5.74) is 1.88. The first-order valence-corrected chi connectivity index (χ1v) is 11.0. The van der Waals surface area contributed by atoms with Crippen LogP contribution in [0.5, 0.6) is 5.75 Å². The van der Waals surface area contributed by atoms with Crippen LogP contribution in [0.4, 0.5) is 5.69 Å². The number of ketones is 1. The number of halogens is 1. The molecule has 0 aliphatic rings. The van der Waals surface area contributed by atoms with Crippen LogP contribution < -0.4 is 9.46 Å². The minimum absolute atomic E-state index is 0.0303. The highest BCUT2D eigenvalue weighted by molar-refractivity contribution is 7.92. The van der Waals surface area contributed by atoms with Gasteiger partial charge in [-0.25, -0.2) is 8.42 Å². The number of nitrogens with one attached hydrogen (secondary N) is 2. The van der Waals surface area contributed by atoms with Crippen molar-refractivity contribution in [1.29, 1.82) is 0 Å². The van der Waals surface area contributed by atoms with Gasteiger partial charge in [0.15, 0.2) is 11.5 Å². The number of sulfonamides is 1. The standard InChI is InChI=1S/C20H19ClN2O5S/c1-3-19(25)28-20-15-9-6-13(21)10-16(15)22-17(20)11-18(24)12-4-7-14(8-5-12)23-29(2,26)27/h4-10,22-23H,3,11H2,1-2H3. The predicted molar refractivity (Wildman–Crippen MR) is 112 cm³/mol. The highest BCUT2D eigenvalue weighted by atomic mass is 35.5. The van der Waals surface area contributed by atoms with E-state index in [2.05, 4.69) is 9.71 Å². The summed E-state index contributed by atoms with van der Waals surface area (Å²) < 4.78 is 30.4. The molecular weight excluding hydrogens is 416 g/mol. The summed E-state index contributed by atoms with van der Waals surface area (Å²) in [6.45, 7) is 1.69. The zero-order valence-electron chi connectivity index (χ0n) is 15.8. The van der Waals surface area contributed by atoms with Crippen molar-refractivity contribution in [1.82, 2.24) is 4.98 Å². The average Bonchev–Trinajstić information content (AvgIpc) is 2.96. The Morgan fingerprint density at radius 3 is 2.45 bits per heavy atom. The van der Waals surface area contributed by atoms with Crippen LogP contribution in [0.2, 0.25) is 5.02 Å². The molecule has 3 aromatic rings. The lowest BCUT2D eigenvalue weighted by Crippen LogP contribution is -2.11. The van der Waals surface area contributed by atoms with E-state index in [1.165, 1.54) is 24.3 Å². The van der Waals surface area contributed by atoms with Gasteiger partial charge in [0, 0.05) is 28.1 Å². The van der Waals surface area contributed by atoms with Gasteiger partial charge < -0.3 is 9.72 Å². The van der Waals surface area contributed by atoms with E-state index in [9.17, 15) is 18.0 Å². The fourth-order valence-corrected chi connectivity index (χ4v) is 3.56. The smallest absolute Gasteiger partial charge is 0.310 e. The molecule has 0 aliphatic carbocycles.